The lowest BCUT2D eigenvalue weighted by Crippen LogP contribution is -2.41. The molecule has 0 bridgehead atoms. The molecule has 0 unspecified atom stereocenters. The molecule has 0 saturated carbocycles. The quantitative estimate of drug-likeness (QED) is 0.122. The van der Waals surface area contributed by atoms with Crippen LogP contribution in [0, 0.1) is 0 Å². The Morgan fingerprint density at radius 2 is 0.530 bits per heavy atom. The Labute approximate surface area is 640 Å². The first-order valence-electron chi connectivity index (χ1n) is 35.1. The van der Waals surface area contributed by atoms with E-state index in [4.69, 9.17) is 9.31 Å². The summed E-state index contributed by atoms with van der Waals surface area (Å²) < 4.78 is 14.4. The van der Waals surface area contributed by atoms with E-state index in [9.17, 15) is 0 Å². The van der Waals surface area contributed by atoms with E-state index in [-0.39, 0.29) is 53.6 Å². The summed E-state index contributed by atoms with van der Waals surface area (Å²) in [5, 5.41) is 15.1. The molecular formula is C96H136BBrO2. The van der Waals surface area contributed by atoms with Crippen molar-refractivity contribution in [3.05, 3.63) is 342 Å². The Bertz CT molecular complexity index is 5910. The molecule has 2 nitrogen and oxygen atoms in total. The molecule has 19 rings (SSSR count). The van der Waals surface area contributed by atoms with Gasteiger partial charge in [-0.05, 0) is 216 Å². The zero-order valence-electron chi connectivity index (χ0n) is 57.8. The van der Waals surface area contributed by atoms with Gasteiger partial charge >= 0.3 is 7.12 Å². The Kier molecular flexibility index (Phi) is 15.4. The number of hydrogen-bond donors (Lipinski definition) is 0. The second-order valence-corrected chi connectivity index (χ2v) is 30.1. The van der Waals surface area contributed by atoms with Gasteiger partial charge in [-0.1, -0.05) is 341 Å². The van der Waals surface area contributed by atoms with Crippen LogP contribution in [0.5, 0.6) is 0 Å². The number of rotatable bonds is 6. The Morgan fingerprint density at radius 1 is 0.240 bits per heavy atom. The third-order valence-electron chi connectivity index (χ3n) is 22.4. The van der Waals surface area contributed by atoms with E-state index in [0.717, 1.165) is 9.94 Å². The van der Waals surface area contributed by atoms with Gasteiger partial charge in [0.1, 0.15) is 0 Å². The maximum atomic E-state index is 6.61. The smallest absolute Gasteiger partial charge is 0.399 e. The lowest BCUT2D eigenvalue weighted by molar-refractivity contribution is 0.00578. The van der Waals surface area contributed by atoms with Crippen molar-refractivity contribution in [3.8, 4) is 77.9 Å². The van der Waals surface area contributed by atoms with Crippen LogP contribution in [0.4, 0.5) is 0 Å². The van der Waals surface area contributed by atoms with Crippen molar-refractivity contribution in [1.82, 2.24) is 0 Å². The van der Waals surface area contributed by atoms with Crippen molar-refractivity contribution in [1.29, 1.82) is 0 Å². The average molecular weight is 1410 g/mol. The van der Waals surface area contributed by atoms with Crippen molar-refractivity contribution in [2.75, 3.05) is 0 Å². The van der Waals surface area contributed by atoms with E-state index in [1.807, 2.05) is 6.07 Å². The molecule has 0 atom stereocenters. The van der Waals surface area contributed by atoms with E-state index in [1.54, 1.807) is 0 Å². The molecule has 16 aromatic carbocycles. The molecule has 1 fully saturated rings. The first-order chi connectivity index (χ1) is 48.6. The second kappa shape index (κ2) is 24.5. The van der Waals surface area contributed by atoms with Crippen molar-refractivity contribution >= 4 is 93.1 Å². The molecule has 0 aromatic heterocycles. The largest absolute Gasteiger partial charge is 0.496 e. The molecule has 0 radical (unpaired) electrons. The molecule has 0 N–H and O–H groups in total. The van der Waals surface area contributed by atoms with Crippen LogP contribution in [0.2, 0.25) is 0 Å². The highest BCUT2D eigenvalue weighted by Gasteiger charge is 2.53. The first kappa shape index (κ1) is 63.0. The van der Waals surface area contributed by atoms with Gasteiger partial charge in [-0.15, -0.1) is 0 Å². The minimum Gasteiger partial charge on any atom is -0.399 e. The fraction of sp³-hybridized carbons (Fsp3) is 0.125. The summed E-state index contributed by atoms with van der Waals surface area (Å²) in [6, 6.07) is 115. The van der Waals surface area contributed by atoms with Crippen LogP contribution in [0.1, 0.15) is 120 Å². The minimum absolute atomic E-state index is 0. The molecule has 16 aromatic rings. The zero-order valence-corrected chi connectivity index (χ0v) is 59.4. The summed E-state index contributed by atoms with van der Waals surface area (Å²) in [5.41, 5.74) is 24.0. The molecule has 0 spiro atoms. The van der Waals surface area contributed by atoms with Crippen LogP contribution in [-0.4, -0.2) is 18.3 Å². The summed E-state index contributed by atoms with van der Waals surface area (Å²) in [7, 11) is -0.433. The van der Waals surface area contributed by atoms with Gasteiger partial charge in [0, 0.05) is 58.1 Å². The normalized spacial score (nSPS) is 14.9. The summed E-state index contributed by atoms with van der Waals surface area (Å²) in [6.45, 7) is 17.9. The fourth-order valence-corrected chi connectivity index (χ4v) is 17.1. The maximum Gasteiger partial charge on any atom is 0.496 e. The van der Waals surface area contributed by atoms with Crippen LogP contribution >= 0.6 is 15.9 Å². The maximum absolute atomic E-state index is 6.61. The van der Waals surface area contributed by atoms with E-state index >= 15 is 0 Å². The van der Waals surface area contributed by atoms with Gasteiger partial charge < -0.3 is 9.31 Å². The summed E-state index contributed by atoms with van der Waals surface area (Å²) in [6.07, 6.45) is 0. The van der Waals surface area contributed by atoms with E-state index in [1.165, 1.54) is 165 Å². The van der Waals surface area contributed by atoms with Crippen molar-refractivity contribution in [3.63, 3.8) is 0 Å². The van der Waals surface area contributed by atoms with Crippen molar-refractivity contribution in [2.24, 2.45) is 0 Å². The van der Waals surface area contributed by atoms with Crippen LogP contribution < -0.4 is 5.46 Å². The van der Waals surface area contributed by atoms with Crippen LogP contribution in [-0.2, 0) is 20.1 Å². The molecule has 1 heterocycles. The first-order valence-corrected chi connectivity index (χ1v) is 35.9. The molecule has 100 heavy (non-hydrogen) atoms. The molecule has 2 aliphatic carbocycles. The molecule has 4 heteroatoms. The zero-order chi connectivity index (χ0) is 68.2. The van der Waals surface area contributed by atoms with E-state index < -0.39 is 18.3 Å². The monoisotopic (exact) mass is 1410 g/mol. The highest BCUT2D eigenvalue weighted by Crippen LogP contribution is 2.54. The van der Waals surface area contributed by atoms with Gasteiger partial charge in [-0.2, -0.15) is 0 Å². The van der Waals surface area contributed by atoms with Gasteiger partial charge in [-0.25, -0.2) is 0 Å². The van der Waals surface area contributed by atoms with Crippen molar-refractivity contribution in [2.45, 2.75) is 77.4 Å². The molecule has 3 aliphatic rings. The van der Waals surface area contributed by atoms with E-state index in [2.05, 4.69) is 381 Å². The molecule has 1 saturated heterocycles. The van der Waals surface area contributed by atoms with E-state index in [0.29, 0.717) is 0 Å². The standard InChI is InChI=1S/C45H32.C35H33BO2.C16H11Br.30H2/c1-45(2)41-23-13-12-18-34(41)35-25-24-30(28-42(35)45)43-36-19-8-10-21-38(36)44(39-22-11-9-20-37(39)43)40-27-26-31(29-14-4-3-5-15-29)32-16-6-7-17-33(32)40;1-33(2)29-18-12-11-13-23(29)24-20-19-22(21-30(24)33)31-25-14-7-9-16-27(25)32(28-17-10-8-15-26(28)31)36-37-34(3,4)35(5,6)38-36;17-16-11-10-13(12-6-2-1-3-7-12)14-8-4-5-9-15(14)16;;;;;;;;;;;;;;;;;;;;;;;;;;;;;;/h3-28H,1-2H3;7-21H,1-6H3;1-11H;30*1H. The second-order valence-electron chi connectivity index (χ2n) is 29.3. The van der Waals surface area contributed by atoms with Gasteiger partial charge in [0.05, 0.1) is 11.2 Å². The SMILES string of the molecule is Brc1ccc(-c2ccccc2)c2ccccc12.CC1(C)c2ccccc2-c2ccc(-c3c4ccccc4c(-c4ccc(-c5ccccc5)c5ccccc45)c4ccccc34)cc21.CC1(C)c2ccccc2-c2ccc(-c3c4ccccc4c(B4OC(C)(C)C(C)(C)O4)c4ccccc34)cc21.[HH].[HH].[HH].[HH].[HH].[HH].[HH].[HH].[HH].[HH].[HH].[HH].[HH].[HH].[HH].[HH].[HH].[HH].[HH].[HH].[HH].[HH].[HH].[HH].[HH].[HH].[HH].[HH].[HH].[HH]. The van der Waals surface area contributed by atoms with Gasteiger partial charge in [-0.3, -0.25) is 0 Å². The van der Waals surface area contributed by atoms with Gasteiger partial charge in [0.25, 0.3) is 0 Å². The number of benzene rings is 16. The molecule has 542 valence electrons. The Hall–Kier alpha value is -10.5. The molecular weight excluding hydrogens is 1280 g/mol. The Balaban J connectivity index is -0.000000123. The number of halogens is 1. The topological polar surface area (TPSA) is 18.5 Å². The van der Waals surface area contributed by atoms with Gasteiger partial charge in [0.15, 0.2) is 0 Å². The fourth-order valence-electron chi connectivity index (χ4n) is 16.7. The predicted molar refractivity (Wildman–Crippen MR) is 494 cm³/mol. The molecule has 0 amide bonds. The average Bonchev–Trinajstić information content (AvgIpc) is 1.53. The summed E-state index contributed by atoms with van der Waals surface area (Å²) >= 11 is 3.60. The number of hydrogen-bond acceptors (Lipinski definition) is 2. The predicted octanol–water partition coefficient (Wildman–Crippen LogP) is 33.4. The lowest BCUT2D eigenvalue weighted by Gasteiger charge is -2.32. The minimum atomic E-state index is -0.433. The van der Waals surface area contributed by atoms with Gasteiger partial charge in [0.2, 0.25) is 0 Å². The number of fused-ring (bicyclic) bond motifs is 12. The van der Waals surface area contributed by atoms with Crippen LogP contribution in [0.25, 0.3) is 143 Å². The summed E-state index contributed by atoms with van der Waals surface area (Å²) in [4.78, 5) is 0. The third-order valence-corrected chi connectivity index (χ3v) is 23.1. The van der Waals surface area contributed by atoms with Crippen LogP contribution in [0.3, 0.4) is 0 Å². The third kappa shape index (κ3) is 10.3. The highest BCUT2D eigenvalue weighted by atomic mass is 79.9. The Morgan fingerprint density at radius 3 is 0.960 bits per heavy atom. The van der Waals surface area contributed by atoms with Crippen molar-refractivity contribution < 1.29 is 52.1 Å². The summed E-state index contributed by atoms with van der Waals surface area (Å²) in [5.74, 6) is 0. The van der Waals surface area contributed by atoms with Crippen LogP contribution in [0.15, 0.2) is 320 Å². The molecule has 1 aliphatic heterocycles. The lowest BCUT2D eigenvalue weighted by atomic mass is 9.71. The highest BCUT2D eigenvalue weighted by molar-refractivity contribution is 9.10.